The van der Waals surface area contributed by atoms with E-state index in [1.807, 2.05) is 13.8 Å². The van der Waals surface area contributed by atoms with E-state index in [9.17, 15) is 4.79 Å². The maximum absolute atomic E-state index is 12.3. The predicted molar refractivity (Wildman–Crippen MR) is 69.8 cm³/mol. The van der Waals surface area contributed by atoms with Crippen molar-refractivity contribution in [2.75, 3.05) is 6.54 Å². The first kappa shape index (κ1) is 12.8. The van der Waals surface area contributed by atoms with Crippen LogP contribution in [0.15, 0.2) is 10.6 Å². The molecule has 0 saturated carbocycles. The predicted octanol–water partition coefficient (Wildman–Crippen LogP) is 1.03. The highest BCUT2D eigenvalue weighted by Crippen LogP contribution is 2.21. The fourth-order valence-corrected chi connectivity index (χ4v) is 2.68. The summed E-state index contributed by atoms with van der Waals surface area (Å²) in [6, 6.07) is 1.98. The lowest BCUT2D eigenvalue weighted by Crippen LogP contribution is -2.41. The quantitative estimate of drug-likeness (QED) is 0.818. The number of aryl methyl sites for hydroxylation is 2. The van der Waals surface area contributed by atoms with Crippen molar-refractivity contribution in [3.63, 3.8) is 0 Å². The smallest absolute Gasteiger partial charge is 0.230 e. The summed E-state index contributed by atoms with van der Waals surface area (Å²) in [7, 11) is 0. The first-order chi connectivity index (χ1) is 9.54. The van der Waals surface area contributed by atoms with Crippen molar-refractivity contribution in [1.82, 2.24) is 24.8 Å². The summed E-state index contributed by atoms with van der Waals surface area (Å²) >= 11 is 0. The Morgan fingerprint density at radius 1 is 1.45 bits per heavy atom. The zero-order chi connectivity index (χ0) is 14.3. The number of rotatable bonds is 2. The molecule has 2 aromatic rings. The van der Waals surface area contributed by atoms with Crippen LogP contribution in [0.4, 0.5) is 0 Å². The van der Waals surface area contributed by atoms with Crippen molar-refractivity contribution < 1.29 is 9.32 Å². The number of amides is 1. The summed E-state index contributed by atoms with van der Waals surface area (Å²) in [5.41, 5.74) is 0.787. The Kier molecular flexibility index (Phi) is 3.04. The van der Waals surface area contributed by atoms with Crippen molar-refractivity contribution in [2.45, 2.75) is 39.8 Å². The molecule has 106 valence electrons. The molecule has 0 aromatic carbocycles. The summed E-state index contributed by atoms with van der Waals surface area (Å²) in [5, 5.41) is 12.0. The van der Waals surface area contributed by atoms with Gasteiger partial charge in [-0.15, -0.1) is 10.2 Å². The van der Waals surface area contributed by atoms with E-state index in [1.54, 1.807) is 11.0 Å². The summed E-state index contributed by atoms with van der Waals surface area (Å²) in [6.07, 6.45) is 0.237. The number of hydrogen-bond acceptors (Lipinski definition) is 5. The minimum Gasteiger partial charge on any atom is -0.361 e. The van der Waals surface area contributed by atoms with Crippen LogP contribution in [0.3, 0.4) is 0 Å². The second-order valence-electron chi connectivity index (χ2n) is 5.27. The van der Waals surface area contributed by atoms with Crippen molar-refractivity contribution in [1.29, 1.82) is 0 Å². The maximum Gasteiger partial charge on any atom is 0.230 e. The molecule has 1 amide bonds. The van der Waals surface area contributed by atoms with Gasteiger partial charge in [0.1, 0.15) is 11.6 Å². The van der Waals surface area contributed by atoms with Crippen LogP contribution in [-0.4, -0.2) is 37.3 Å². The molecule has 1 unspecified atom stereocenters. The molecule has 0 radical (unpaired) electrons. The van der Waals surface area contributed by atoms with Crippen LogP contribution in [0.2, 0.25) is 0 Å². The van der Waals surface area contributed by atoms with Gasteiger partial charge < -0.3 is 14.0 Å². The van der Waals surface area contributed by atoms with Crippen LogP contribution in [0.25, 0.3) is 0 Å². The molecule has 0 N–H and O–H groups in total. The maximum atomic E-state index is 12.3. The number of hydrogen-bond donors (Lipinski definition) is 0. The van der Waals surface area contributed by atoms with Crippen molar-refractivity contribution >= 4 is 5.91 Å². The van der Waals surface area contributed by atoms with Gasteiger partial charge in [0.05, 0.1) is 24.7 Å². The highest BCUT2D eigenvalue weighted by Gasteiger charge is 2.28. The van der Waals surface area contributed by atoms with Crippen LogP contribution < -0.4 is 0 Å². The number of carbonyl (C=O) groups excluding carboxylic acids is 1. The molecule has 7 heteroatoms. The van der Waals surface area contributed by atoms with E-state index in [0.29, 0.717) is 18.8 Å². The molecule has 1 aliphatic heterocycles. The molecular weight excluding hydrogens is 258 g/mol. The summed E-state index contributed by atoms with van der Waals surface area (Å²) < 4.78 is 7.18. The normalized spacial score (nSPS) is 18.1. The highest BCUT2D eigenvalue weighted by atomic mass is 16.5. The van der Waals surface area contributed by atoms with E-state index in [0.717, 1.165) is 17.3 Å². The van der Waals surface area contributed by atoms with Crippen molar-refractivity contribution in [2.24, 2.45) is 0 Å². The van der Waals surface area contributed by atoms with Gasteiger partial charge in [0.2, 0.25) is 5.91 Å². The van der Waals surface area contributed by atoms with E-state index in [-0.39, 0.29) is 18.4 Å². The van der Waals surface area contributed by atoms with Gasteiger partial charge in [-0.1, -0.05) is 5.16 Å². The van der Waals surface area contributed by atoms with Gasteiger partial charge >= 0.3 is 0 Å². The van der Waals surface area contributed by atoms with E-state index >= 15 is 0 Å². The van der Waals surface area contributed by atoms with Crippen LogP contribution in [-0.2, 0) is 17.8 Å². The Hall–Kier alpha value is -2.18. The summed E-state index contributed by atoms with van der Waals surface area (Å²) in [4.78, 5) is 14.1. The Morgan fingerprint density at radius 2 is 2.25 bits per heavy atom. The highest BCUT2D eigenvalue weighted by molar-refractivity contribution is 5.78. The minimum absolute atomic E-state index is 0.0277. The Morgan fingerprint density at radius 3 is 2.95 bits per heavy atom. The summed E-state index contributed by atoms with van der Waals surface area (Å²) in [5.74, 6) is 2.36. The van der Waals surface area contributed by atoms with Gasteiger partial charge in [0.25, 0.3) is 0 Å². The molecule has 3 rings (SSSR count). The molecule has 1 atom stereocenters. The standard InChI is InChI=1S/C13H17N5O2/c1-8-4-11(20-16-8)5-13(19)17-6-9(2)18-10(3)14-15-12(18)7-17/h4,9H,5-7H2,1-3H3. The van der Waals surface area contributed by atoms with Gasteiger partial charge in [-0.3, -0.25) is 4.79 Å². The fraction of sp³-hybridized carbons (Fsp3) is 0.538. The topological polar surface area (TPSA) is 77.0 Å². The molecule has 0 saturated heterocycles. The average molecular weight is 275 g/mol. The molecule has 0 spiro atoms. The molecule has 1 aliphatic rings. The third kappa shape index (κ3) is 2.19. The lowest BCUT2D eigenvalue weighted by molar-refractivity contribution is -0.132. The fourth-order valence-electron chi connectivity index (χ4n) is 2.68. The van der Waals surface area contributed by atoms with E-state index in [2.05, 4.69) is 26.8 Å². The van der Waals surface area contributed by atoms with Gasteiger partial charge in [0.15, 0.2) is 5.82 Å². The number of fused-ring (bicyclic) bond motifs is 1. The second kappa shape index (κ2) is 4.73. The molecule has 0 aliphatic carbocycles. The number of carbonyl (C=O) groups is 1. The lowest BCUT2D eigenvalue weighted by Gasteiger charge is -2.32. The third-order valence-electron chi connectivity index (χ3n) is 3.55. The lowest BCUT2D eigenvalue weighted by atomic mass is 10.2. The van der Waals surface area contributed by atoms with E-state index < -0.39 is 0 Å². The molecule has 0 fully saturated rings. The first-order valence-electron chi connectivity index (χ1n) is 6.65. The SMILES string of the molecule is Cc1cc(CC(=O)N2Cc3nnc(C)n3C(C)C2)on1. The zero-order valence-corrected chi connectivity index (χ0v) is 11.8. The monoisotopic (exact) mass is 275 g/mol. The largest absolute Gasteiger partial charge is 0.361 e. The van der Waals surface area contributed by atoms with E-state index in [1.165, 1.54) is 0 Å². The van der Waals surface area contributed by atoms with Crippen LogP contribution in [0.1, 0.15) is 36.1 Å². The van der Waals surface area contributed by atoms with E-state index in [4.69, 9.17) is 4.52 Å². The third-order valence-corrected chi connectivity index (χ3v) is 3.55. The molecule has 3 heterocycles. The molecule has 20 heavy (non-hydrogen) atoms. The molecular formula is C13H17N5O2. The first-order valence-corrected chi connectivity index (χ1v) is 6.65. The average Bonchev–Trinajstić information content (AvgIpc) is 2.96. The number of aromatic nitrogens is 4. The van der Waals surface area contributed by atoms with Crippen LogP contribution >= 0.6 is 0 Å². The number of nitrogens with zero attached hydrogens (tertiary/aromatic N) is 5. The van der Waals surface area contributed by atoms with Crippen LogP contribution in [0, 0.1) is 13.8 Å². The summed E-state index contributed by atoms with van der Waals surface area (Å²) in [6.45, 7) is 7.00. The van der Waals surface area contributed by atoms with Crippen molar-refractivity contribution in [3.8, 4) is 0 Å². The Balaban J connectivity index is 1.74. The van der Waals surface area contributed by atoms with Gasteiger partial charge in [0, 0.05) is 12.6 Å². The second-order valence-corrected chi connectivity index (χ2v) is 5.27. The van der Waals surface area contributed by atoms with Crippen molar-refractivity contribution in [3.05, 3.63) is 29.2 Å². The minimum atomic E-state index is 0.0277. The molecule has 2 aromatic heterocycles. The molecule has 0 bridgehead atoms. The van der Waals surface area contributed by atoms with Crippen LogP contribution in [0.5, 0.6) is 0 Å². The van der Waals surface area contributed by atoms with Gasteiger partial charge in [-0.05, 0) is 20.8 Å². The Labute approximate surface area is 116 Å². The van der Waals surface area contributed by atoms with Gasteiger partial charge in [-0.2, -0.15) is 0 Å². The molecule has 7 nitrogen and oxygen atoms in total. The van der Waals surface area contributed by atoms with Gasteiger partial charge in [-0.25, -0.2) is 0 Å². The zero-order valence-electron chi connectivity index (χ0n) is 11.8. The Bertz CT molecular complexity index is 645.